The number of aromatic amines is 1. The number of nitrogens with one attached hydrogen (secondary N) is 1. The van der Waals surface area contributed by atoms with E-state index in [2.05, 4.69) is 10.2 Å². The van der Waals surface area contributed by atoms with Gasteiger partial charge in [0.25, 0.3) is 0 Å². The Kier molecular flexibility index (Phi) is 3.23. The maximum absolute atomic E-state index is 10.7. The minimum atomic E-state index is 0.318. The molecule has 0 atom stereocenters. The Balaban J connectivity index is 2.12. The van der Waals surface area contributed by atoms with Crippen molar-refractivity contribution >= 4 is 6.29 Å². The first kappa shape index (κ1) is 11.4. The molecule has 0 saturated carbocycles. The summed E-state index contributed by atoms with van der Waals surface area (Å²) >= 11 is 0. The van der Waals surface area contributed by atoms with Crippen LogP contribution in [0, 0.1) is 13.8 Å². The lowest BCUT2D eigenvalue weighted by Crippen LogP contribution is -2.00. The van der Waals surface area contributed by atoms with Crippen molar-refractivity contribution in [2.45, 2.75) is 20.5 Å². The minimum Gasteiger partial charge on any atom is -0.487 e. The first-order valence-electron chi connectivity index (χ1n) is 5.38. The van der Waals surface area contributed by atoms with Gasteiger partial charge in [-0.05, 0) is 31.0 Å². The second kappa shape index (κ2) is 4.82. The smallest absolute Gasteiger partial charge is 0.153 e. The van der Waals surface area contributed by atoms with E-state index in [0.717, 1.165) is 23.2 Å². The van der Waals surface area contributed by atoms with Crippen LogP contribution in [0.3, 0.4) is 0 Å². The predicted octanol–water partition coefficient (Wildman–Crippen LogP) is 2.42. The summed E-state index contributed by atoms with van der Waals surface area (Å²) in [6.45, 7) is 4.32. The van der Waals surface area contributed by atoms with Crippen molar-refractivity contribution in [3.63, 3.8) is 0 Å². The highest BCUT2D eigenvalue weighted by Crippen LogP contribution is 2.20. The third-order valence-electron chi connectivity index (χ3n) is 2.59. The van der Waals surface area contributed by atoms with Crippen LogP contribution in [-0.4, -0.2) is 16.5 Å². The van der Waals surface area contributed by atoms with E-state index < -0.39 is 0 Å². The lowest BCUT2D eigenvalue weighted by Gasteiger charge is -2.09. The van der Waals surface area contributed by atoms with E-state index in [1.807, 2.05) is 32.0 Å². The van der Waals surface area contributed by atoms with Crippen LogP contribution in [0.2, 0.25) is 0 Å². The fourth-order valence-electron chi connectivity index (χ4n) is 1.55. The number of aromatic nitrogens is 2. The molecule has 4 nitrogen and oxygen atoms in total. The van der Waals surface area contributed by atoms with Crippen molar-refractivity contribution < 1.29 is 9.53 Å². The Morgan fingerprint density at radius 3 is 3.00 bits per heavy atom. The molecule has 0 radical (unpaired) electrons. The first-order chi connectivity index (χ1) is 8.20. The number of carbonyl (C=O) groups is 1. The van der Waals surface area contributed by atoms with Crippen LogP contribution >= 0.6 is 0 Å². The summed E-state index contributed by atoms with van der Waals surface area (Å²) in [5.74, 6) is 0.830. The number of rotatable bonds is 4. The second-order valence-electron chi connectivity index (χ2n) is 3.98. The van der Waals surface area contributed by atoms with E-state index in [1.54, 1.807) is 0 Å². The van der Waals surface area contributed by atoms with Crippen molar-refractivity contribution in [3.05, 3.63) is 46.8 Å². The molecule has 1 N–H and O–H groups in total. The van der Waals surface area contributed by atoms with Gasteiger partial charge in [-0.15, -0.1) is 0 Å². The maximum Gasteiger partial charge on any atom is 0.153 e. The molecule has 0 aliphatic heterocycles. The molecule has 1 aromatic carbocycles. The molecule has 1 aromatic heterocycles. The molecule has 0 saturated heterocycles. The van der Waals surface area contributed by atoms with Gasteiger partial charge in [-0.2, -0.15) is 5.10 Å². The lowest BCUT2D eigenvalue weighted by molar-refractivity contribution is 0.112. The summed E-state index contributed by atoms with van der Waals surface area (Å²) < 4.78 is 5.67. The largest absolute Gasteiger partial charge is 0.487 e. The summed E-state index contributed by atoms with van der Waals surface area (Å²) in [5.41, 5.74) is 3.45. The minimum absolute atomic E-state index is 0.318. The van der Waals surface area contributed by atoms with Gasteiger partial charge in [-0.25, -0.2) is 0 Å². The lowest BCUT2D eigenvalue weighted by atomic mass is 10.1. The summed E-state index contributed by atoms with van der Waals surface area (Å²) in [6, 6.07) is 6.03. The number of hydrogen-bond acceptors (Lipinski definition) is 3. The molecule has 0 spiro atoms. The molecule has 0 fully saturated rings. The van der Waals surface area contributed by atoms with Gasteiger partial charge in [-0.1, -0.05) is 12.1 Å². The molecule has 4 heteroatoms. The van der Waals surface area contributed by atoms with Crippen molar-refractivity contribution in [1.82, 2.24) is 10.2 Å². The number of aldehydes is 1. The molecule has 0 amide bonds. The zero-order valence-corrected chi connectivity index (χ0v) is 9.86. The van der Waals surface area contributed by atoms with E-state index in [0.29, 0.717) is 17.9 Å². The van der Waals surface area contributed by atoms with Gasteiger partial charge in [0.05, 0.1) is 17.5 Å². The van der Waals surface area contributed by atoms with Crippen molar-refractivity contribution in [1.29, 1.82) is 0 Å². The standard InChI is InChI=1S/C13H14N2O2/c1-9-3-4-10(2)13(5-9)17-8-12-11(7-16)6-14-15-12/h3-7H,8H2,1-2H3,(H,14,15). The van der Waals surface area contributed by atoms with Crippen LogP contribution in [0.4, 0.5) is 0 Å². The van der Waals surface area contributed by atoms with Crippen LogP contribution in [0.25, 0.3) is 0 Å². The van der Waals surface area contributed by atoms with Crippen molar-refractivity contribution in [3.8, 4) is 5.75 Å². The number of ether oxygens (including phenoxy) is 1. The highest BCUT2D eigenvalue weighted by molar-refractivity contribution is 5.75. The van der Waals surface area contributed by atoms with Crippen LogP contribution in [-0.2, 0) is 6.61 Å². The van der Waals surface area contributed by atoms with Crippen LogP contribution < -0.4 is 4.74 Å². The summed E-state index contributed by atoms with van der Waals surface area (Å²) in [4.78, 5) is 10.7. The average Bonchev–Trinajstić information content (AvgIpc) is 2.77. The quantitative estimate of drug-likeness (QED) is 0.820. The Morgan fingerprint density at radius 1 is 1.41 bits per heavy atom. The number of carbonyl (C=O) groups excluding carboxylic acids is 1. The zero-order valence-electron chi connectivity index (χ0n) is 9.86. The third kappa shape index (κ3) is 2.53. The molecule has 0 unspecified atom stereocenters. The SMILES string of the molecule is Cc1ccc(C)c(OCc2[nH]ncc2C=O)c1. The molecule has 0 bridgehead atoms. The monoisotopic (exact) mass is 230 g/mol. The molecule has 1 heterocycles. The molecule has 17 heavy (non-hydrogen) atoms. The highest BCUT2D eigenvalue weighted by Gasteiger charge is 2.06. The van der Waals surface area contributed by atoms with Gasteiger partial charge in [0.15, 0.2) is 6.29 Å². The van der Waals surface area contributed by atoms with Crippen molar-refractivity contribution in [2.24, 2.45) is 0 Å². The van der Waals surface area contributed by atoms with E-state index in [9.17, 15) is 4.79 Å². The van der Waals surface area contributed by atoms with E-state index in [1.165, 1.54) is 6.20 Å². The topological polar surface area (TPSA) is 55.0 Å². The van der Waals surface area contributed by atoms with Gasteiger partial charge >= 0.3 is 0 Å². The molecular formula is C13H14N2O2. The fourth-order valence-corrected chi connectivity index (χ4v) is 1.55. The van der Waals surface area contributed by atoms with Crippen LogP contribution in [0.5, 0.6) is 5.75 Å². The number of benzene rings is 1. The number of nitrogens with zero attached hydrogens (tertiary/aromatic N) is 1. The third-order valence-corrected chi connectivity index (χ3v) is 2.59. The maximum atomic E-state index is 10.7. The van der Waals surface area contributed by atoms with Crippen LogP contribution in [0.1, 0.15) is 27.2 Å². The van der Waals surface area contributed by atoms with Gasteiger partial charge in [0.1, 0.15) is 12.4 Å². The molecule has 2 aromatic rings. The van der Waals surface area contributed by atoms with Gasteiger partial charge < -0.3 is 4.74 Å². The number of H-pyrrole nitrogens is 1. The Bertz CT molecular complexity index is 532. The van der Waals surface area contributed by atoms with Crippen molar-refractivity contribution in [2.75, 3.05) is 0 Å². The Morgan fingerprint density at radius 2 is 2.24 bits per heavy atom. The summed E-state index contributed by atoms with van der Waals surface area (Å²) in [6.07, 6.45) is 2.26. The van der Waals surface area contributed by atoms with E-state index >= 15 is 0 Å². The fraction of sp³-hybridized carbons (Fsp3) is 0.231. The molecule has 0 aliphatic rings. The normalized spacial score (nSPS) is 10.2. The van der Waals surface area contributed by atoms with Crippen LogP contribution in [0.15, 0.2) is 24.4 Å². The Labute approximate surface area is 99.6 Å². The first-order valence-corrected chi connectivity index (χ1v) is 5.38. The number of aryl methyl sites for hydroxylation is 2. The van der Waals surface area contributed by atoms with Gasteiger partial charge in [-0.3, -0.25) is 9.89 Å². The average molecular weight is 230 g/mol. The second-order valence-corrected chi connectivity index (χ2v) is 3.98. The summed E-state index contributed by atoms with van der Waals surface area (Å²) in [7, 11) is 0. The van der Waals surface area contributed by atoms with Gasteiger partial charge in [0.2, 0.25) is 0 Å². The number of hydrogen-bond donors (Lipinski definition) is 1. The van der Waals surface area contributed by atoms with Gasteiger partial charge in [0, 0.05) is 0 Å². The predicted molar refractivity (Wildman–Crippen MR) is 64.2 cm³/mol. The summed E-state index contributed by atoms with van der Waals surface area (Å²) in [5, 5.41) is 6.56. The Hall–Kier alpha value is -2.10. The molecule has 0 aliphatic carbocycles. The highest BCUT2D eigenvalue weighted by atomic mass is 16.5. The molecular weight excluding hydrogens is 216 g/mol. The zero-order chi connectivity index (χ0) is 12.3. The molecule has 88 valence electrons. The van der Waals surface area contributed by atoms with E-state index in [4.69, 9.17) is 4.74 Å². The molecule has 2 rings (SSSR count). The van der Waals surface area contributed by atoms with E-state index in [-0.39, 0.29) is 0 Å².